The highest BCUT2D eigenvalue weighted by Gasteiger charge is 2.23. The van der Waals surface area contributed by atoms with Gasteiger partial charge in [0.2, 0.25) is 0 Å². The maximum atomic E-state index is 12.8. The van der Waals surface area contributed by atoms with E-state index in [1.165, 1.54) is 30.5 Å². The predicted molar refractivity (Wildman–Crippen MR) is 63.0 cm³/mol. The summed E-state index contributed by atoms with van der Waals surface area (Å²) in [5, 5.41) is 11.4. The number of hydrogen-bond acceptors (Lipinski definition) is 3. The van der Waals surface area contributed by atoms with Crippen molar-refractivity contribution in [3.63, 3.8) is 0 Å². The van der Waals surface area contributed by atoms with E-state index < -0.39 is 23.7 Å². The normalized spacial score (nSPS) is 11.8. The fourth-order valence-corrected chi connectivity index (χ4v) is 1.55. The third kappa shape index (κ3) is 2.98. The van der Waals surface area contributed by atoms with Crippen LogP contribution in [0.25, 0.3) is 0 Å². The largest absolute Gasteiger partial charge is 0.479 e. The first-order valence-corrected chi connectivity index (χ1v) is 5.40. The first-order chi connectivity index (χ1) is 9.08. The van der Waals surface area contributed by atoms with Gasteiger partial charge >= 0.3 is 5.97 Å². The van der Waals surface area contributed by atoms with Gasteiger partial charge in [0, 0.05) is 0 Å². The minimum atomic E-state index is -1.27. The standard InChI is InChI=1S/C13H10FNO4/c14-9-5-3-8(4-6-9)11(13(17)18)15-12(16)10-2-1-7-19-10/h1-7,11H,(H,15,16)(H,17,18). The van der Waals surface area contributed by atoms with Crippen LogP contribution in [0.4, 0.5) is 4.39 Å². The second-order valence-corrected chi connectivity index (χ2v) is 3.77. The van der Waals surface area contributed by atoms with Crippen LogP contribution in [-0.2, 0) is 4.79 Å². The minimum Gasteiger partial charge on any atom is -0.479 e. The monoisotopic (exact) mass is 263 g/mol. The molecule has 98 valence electrons. The van der Waals surface area contributed by atoms with E-state index in [-0.39, 0.29) is 11.3 Å². The van der Waals surface area contributed by atoms with E-state index in [1.807, 2.05) is 0 Å². The van der Waals surface area contributed by atoms with Crippen molar-refractivity contribution in [1.82, 2.24) is 5.32 Å². The lowest BCUT2D eigenvalue weighted by atomic mass is 10.1. The summed E-state index contributed by atoms with van der Waals surface area (Å²) >= 11 is 0. The molecule has 5 nitrogen and oxygen atoms in total. The Kier molecular flexibility index (Phi) is 3.61. The van der Waals surface area contributed by atoms with Gasteiger partial charge < -0.3 is 14.8 Å². The SMILES string of the molecule is O=C(NC(C(=O)O)c1ccc(F)cc1)c1ccco1. The topological polar surface area (TPSA) is 79.5 Å². The zero-order valence-electron chi connectivity index (χ0n) is 9.67. The molecule has 0 fully saturated rings. The number of amides is 1. The molecule has 6 heteroatoms. The predicted octanol–water partition coefficient (Wildman–Crippen LogP) is 1.97. The first kappa shape index (κ1) is 12.8. The number of carbonyl (C=O) groups excluding carboxylic acids is 1. The van der Waals surface area contributed by atoms with Gasteiger partial charge in [-0.05, 0) is 29.8 Å². The number of carboxylic acids is 1. The highest BCUT2D eigenvalue weighted by atomic mass is 19.1. The Labute approximate surface area is 107 Å². The van der Waals surface area contributed by atoms with E-state index in [9.17, 15) is 14.0 Å². The zero-order chi connectivity index (χ0) is 13.8. The zero-order valence-corrected chi connectivity index (χ0v) is 9.67. The highest BCUT2D eigenvalue weighted by molar-refractivity contribution is 5.94. The summed E-state index contributed by atoms with van der Waals surface area (Å²) in [6.45, 7) is 0. The van der Waals surface area contributed by atoms with Gasteiger partial charge in [-0.15, -0.1) is 0 Å². The molecule has 1 aromatic heterocycles. The van der Waals surface area contributed by atoms with Crippen molar-refractivity contribution in [2.45, 2.75) is 6.04 Å². The minimum absolute atomic E-state index is 0.00774. The Morgan fingerprint density at radius 2 is 1.89 bits per heavy atom. The van der Waals surface area contributed by atoms with E-state index >= 15 is 0 Å². The van der Waals surface area contributed by atoms with Crippen molar-refractivity contribution in [3.8, 4) is 0 Å². The van der Waals surface area contributed by atoms with Crippen LogP contribution in [0.5, 0.6) is 0 Å². The summed E-state index contributed by atoms with van der Waals surface area (Å²) in [7, 11) is 0. The number of benzene rings is 1. The van der Waals surface area contributed by atoms with E-state index in [2.05, 4.69) is 5.32 Å². The van der Waals surface area contributed by atoms with Crippen LogP contribution in [0, 0.1) is 5.82 Å². The first-order valence-electron chi connectivity index (χ1n) is 5.40. The summed E-state index contributed by atoms with van der Waals surface area (Å²) in [5.74, 6) is -2.37. The maximum absolute atomic E-state index is 12.8. The average Bonchev–Trinajstić information content (AvgIpc) is 2.90. The maximum Gasteiger partial charge on any atom is 0.330 e. The molecule has 2 aromatic rings. The lowest BCUT2D eigenvalue weighted by molar-refractivity contribution is -0.139. The summed E-state index contributed by atoms with van der Waals surface area (Å²) in [6.07, 6.45) is 1.31. The molecule has 1 amide bonds. The molecule has 0 saturated carbocycles. The lowest BCUT2D eigenvalue weighted by Crippen LogP contribution is -2.33. The quantitative estimate of drug-likeness (QED) is 0.883. The van der Waals surface area contributed by atoms with Crippen molar-refractivity contribution in [3.05, 3.63) is 59.8 Å². The van der Waals surface area contributed by atoms with Crippen LogP contribution >= 0.6 is 0 Å². The van der Waals surface area contributed by atoms with Crippen LogP contribution < -0.4 is 5.32 Å². The number of nitrogens with one attached hydrogen (secondary N) is 1. The van der Waals surface area contributed by atoms with Crippen molar-refractivity contribution in [2.75, 3.05) is 0 Å². The number of rotatable bonds is 4. The average molecular weight is 263 g/mol. The second-order valence-electron chi connectivity index (χ2n) is 3.77. The molecule has 2 rings (SSSR count). The third-order valence-electron chi connectivity index (χ3n) is 2.47. The summed E-state index contributed by atoms with van der Waals surface area (Å²) in [6, 6.07) is 6.53. The molecule has 0 saturated heterocycles. The molecular formula is C13H10FNO4. The second kappa shape index (κ2) is 5.34. The Bertz CT molecular complexity index is 577. The molecule has 0 aliphatic heterocycles. The molecule has 0 aliphatic carbocycles. The number of aliphatic carboxylic acids is 1. The number of furan rings is 1. The van der Waals surface area contributed by atoms with Crippen LogP contribution in [0.2, 0.25) is 0 Å². The fraction of sp³-hybridized carbons (Fsp3) is 0.0769. The molecule has 1 atom stereocenters. The van der Waals surface area contributed by atoms with Crippen molar-refractivity contribution >= 4 is 11.9 Å². The lowest BCUT2D eigenvalue weighted by Gasteiger charge is -2.13. The van der Waals surface area contributed by atoms with Crippen LogP contribution in [0.1, 0.15) is 22.2 Å². The molecule has 2 N–H and O–H groups in total. The molecule has 0 spiro atoms. The van der Waals surface area contributed by atoms with E-state index in [0.717, 1.165) is 12.1 Å². The van der Waals surface area contributed by atoms with Gasteiger partial charge in [-0.1, -0.05) is 12.1 Å². The van der Waals surface area contributed by atoms with Gasteiger partial charge in [0.15, 0.2) is 11.8 Å². The molecule has 1 unspecified atom stereocenters. The highest BCUT2D eigenvalue weighted by Crippen LogP contribution is 2.15. The van der Waals surface area contributed by atoms with Gasteiger partial charge in [-0.2, -0.15) is 0 Å². The van der Waals surface area contributed by atoms with Crippen molar-refractivity contribution < 1.29 is 23.5 Å². The van der Waals surface area contributed by atoms with Crippen LogP contribution in [0.3, 0.4) is 0 Å². The smallest absolute Gasteiger partial charge is 0.330 e. The van der Waals surface area contributed by atoms with E-state index in [0.29, 0.717) is 0 Å². The van der Waals surface area contributed by atoms with E-state index in [1.54, 1.807) is 0 Å². The van der Waals surface area contributed by atoms with Crippen molar-refractivity contribution in [1.29, 1.82) is 0 Å². The Morgan fingerprint density at radius 1 is 1.21 bits per heavy atom. The van der Waals surface area contributed by atoms with Gasteiger partial charge in [-0.3, -0.25) is 4.79 Å². The summed E-state index contributed by atoms with van der Waals surface area (Å²) < 4.78 is 17.7. The van der Waals surface area contributed by atoms with E-state index in [4.69, 9.17) is 9.52 Å². The molecule has 1 aromatic carbocycles. The summed E-state index contributed by atoms with van der Waals surface area (Å²) in [5.41, 5.74) is 0.272. The number of carbonyl (C=O) groups is 2. The molecule has 19 heavy (non-hydrogen) atoms. The molecule has 0 bridgehead atoms. The van der Waals surface area contributed by atoms with Gasteiger partial charge in [-0.25, -0.2) is 9.18 Å². The number of hydrogen-bond donors (Lipinski definition) is 2. The Balaban J connectivity index is 2.19. The number of halogens is 1. The van der Waals surface area contributed by atoms with Gasteiger partial charge in [0.05, 0.1) is 6.26 Å². The Morgan fingerprint density at radius 3 is 2.42 bits per heavy atom. The van der Waals surface area contributed by atoms with Crippen molar-refractivity contribution in [2.24, 2.45) is 0 Å². The number of carboxylic acid groups (broad SMARTS) is 1. The fourth-order valence-electron chi connectivity index (χ4n) is 1.55. The third-order valence-corrected chi connectivity index (χ3v) is 2.47. The molecule has 0 aliphatic rings. The van der Waals surface area contributed by atoms with Crippen LogP contribution in [0.15, 0.2) is 47.1 Å². The molecule has 0 radical (unpaired) electrons. The van der Waals surface area contributed by atoms with Crippen LogP contribution in [-0.4, -0.2) is 17.0 Å². The van der Waals surface area contributed by atoms with Gasteiger partial charge in [0.1, 0.15) is 5.82 Å². The molecule has 1 heterocycles. The van der Waals surface area contributed by atoms with Gasteiger partial charge in [0.25, 0.3) is 5.91 Å². The Hall–Kier alpha value is -2.63. The molecular weight excluding hydrogens is 253 g/mol. The summed E-state index contributed by atoms with van der Waals surface area (Å²) in [4.78, 5) is 22.9.